The molecule has 24 aromatic carbocycles. The van der Waals surface area contributed by atoms with Crippen molar-refractivity contribution in [1.29, 1.82) is 0 Å². The van der Waals surface area contributed by atoms with Crippen molar-refractivity contribution < 1.29 is 0 Å². The lowest BCUT2D eigenvalue weighted by molar-refractivity contribution is 1.17. The zero-order chi connectivity index (χ0) is 93.7. The van der Waals surface area contributed by atoms with Crippen LogP contribution in [0.3, 0.4) is 0 Å². The topological polar surface area (TPSA) is 26.2 Å². The van der Waals surface area contributed by atoms with E-state index in [0.29, 0.717) is 0 Å². The molecule has 0 fully saturated rings. The lowest BCUT2D eigenvalue weighted by atomic mass is 9.95. The molecular formula is C136H90N6. The number of anilines is 6. The average molecular weight is 1810 g/mol. The summed E-state index contributed by atoms with van der Waals surface area (Å²) in [7, 11) is 0. The molecule has 6 heteroatoms. The maximum absolute atomic E-state index is 2.48. The summed E-state index contributed by atoms with van der Waals surface area (Å²) >= 11 is 0. The normalized spacial score (nSPS) is 11.7. The average Bonchev–Trinajstić information content (AvgIpc) is 1.56. The van der Waals surface area contributed by atoms with Crippen molar-refractivity contribution in [2.24, 2.45) is 0 Å². The van der Waals surface area contributed by atoms with Crippen LogP contribution in [0.1, 0.15) is 0 Å². The Morgan fingerprint density at radius 2 is 0.366 bits per heavy atom. The number of aromatic nitrogens is 4. The Hall–Kier alpha value is -18.9. The molecule has 28 rings (SSSR count). The first-order valence-corrected chi connectivity index (χ1v) is 48.8. The Balaban J connectivity index is 0.000000142. The Bertz CT molecular complexity index is 9490. The molecule has 0 aliphatic heterocycles. The van der Waals surface area contributed by atoms with Gasteiger partial charge in [-0.3, -0.25) is 0 Å². The van der Waals surface area contributed by atoms with Gasteiger partial charge in [-0.1, -0.05) is 394 Å². The third kappa shape index (κ3) is 14.1. The molecular weight excluding hydrogens is 1720 g/mol. The van der Waals surface area contributed by atoms with Gasteiger partial charge in [0.25, 0.3) is 0 Å². The van der Waals surface area contributed by atoms with Crippen LogP contribution in [-0.4, -0.2) is 18.3 Å². The van der Waals surface area contributed by atoms with Gasteiger partial charge in [0.1, 0.15) is 0 Å². The highest BCUT2D eigenvalue weighted by Gasteiger charge is 2.29. The summed E-state index contributed by atoms with van der Waals surface area (Å²) in [6.07, 6.45) is 0. The Labute approximate surface area is 822 Å². The molecule has 0 atom stereocenters. The maximum atomic E-state index is 2.48. The summed E-state index contributed by atoms with van der Waals surface area (Å²) in [5.41, 5.74) is 34.3. The molecule has 0 bridgehead atoms. The Morgan fingerprint density at radius 3 is 0.725 bits per heavy atom. The summed E-state index contributed by atoms with van der Waals surface area (Å²) in [5, 5.41) is 19.6. The highest BCUT2D eigenvalue weighted by atomic mass is 15.2. The van der Waals surface area contributed by atoms with Gasteiger partial charge in [-0.2, -0.15) is 0 Å². The SMILES string of the molecule is c1ccc(-n2c3ccccc3c3cc(-c4cccc5c6ccccc6n(-c6ccccc6)c45)c(N(c4ccc(-c5cccc6ccccc56)cc4)c4ccc(-c5cccc6ccccc56)cc4)cc32)cc1.c1ccc(-n2c3ccccc3c3ccc(-c4cc5c6ccccc6n(-c6ccccc6)c5cc4N(c4ccc(-c5cccc6ccccc56)cc4)c4ccc(-c5cccc6ccccc56)cc4)cc32)cc1. The van der Waals surface area contributed by atoms with Crippen LogP contribution >= 0.6 is 0 Å². The monoisotopic (exact) mass is 1810 g/mol. The van der Waals surface area contributed by atoms with Crippen LogP contribution in [0.25, 0.3) is 220 Å². The smallest absolute Gasteiger partial charge is 0.0620 e. The number of nitrogens with zero attached hydrogens (tertiary/aromatic N) is 6. The first kappa shape index (κ1) is 82.6. The molecule has 0 N–H and O–H groups in total. The van der Waals surface area contributed by atoms with E-state index in [4.69, 9.17) is 0 Å². The third-order valence-corrected chi connectivity index (χ3v) is 29.0. The Morgan fingerprint density at radius 1 is 0.127 bits per heavy atom. The Kier molecular flexibility index (Phi) is 20.2. The summed E-state index contributed by atoms with van der Waals surface area (Å²) in [5.74, 6) is 0. The summed E-state index contributed by atoms with van der Waals surface area (Å²) in [6.45, 7) is 0. The van der Waals surface area contributed by atoms with Crippen molar-refractivity contribution in [2.75, 3.05) is 9.80 Å². The lowest BCUT2D eigenvalue weighted by Crippen LogP contribution is -2.12. The molecule has 0 spiro atoms. The molecule has 142 heavy (non-hydrogen) atoms. The predicted octanol–water partition coefficient (Wildman–Crippen LogP) is 37.3. The second kappa shape index (κ2) is 34.7. The standard InChI is InChI=1S/2C68H45N3/c1-3-22-50(23-4-1)70-64-34-13-12-29-59(64)62-44-63(61-33-17-32-60-58-28-11-14-35-65(58)71(68(60)61)51-24-5-2-6-25-51)66(45-67(62)70)69(52-40-36-48(37-41-52)56-30-15-20-46-18-7-9-26-54(46)56)53-42-38-49(39-43-53)57-31-16-21-47-19-8-10-27-55(47)57;1-3-21-51(22-4-1)70-64-31-13-11-27-59(64)61-42-37-50(43-66(61)70)62-44-63-60-28-12-14-32-65(60)71(52-23-5-2-6-24-52)68(63)45-67(62)69(53-38-33-48(34-39-53)57-29-15-19-46-17-7-9-25-55(46)57)54-40-35-49(36-41-54)58-30-16-20-47-18-8-10-26-56(47)58/h2*1-45H. The molecule has 28 aromatic rings. The largest absolute Gasteiger partial charge is 0.310 e. The van der Waals surface area contributed by atoms with Gasteiger partial charge in [-0.15, -0.1) is 0 Å². The molecule has 0 unspecified atom stereocenters. The van der Waals surface area contributed by atoms with E-state index in [2.05, 4.69) is 574 Å². The van der Waals surface area contributed by atoms with E-state index in [1.165, 1.54) is 158 Å². The minimum absolute atomic E-state index is 1.06. The van der Waals surface area contributed by atoms with E-state index >= 15 is 0 Å². The van der Waals surface area contributed by atoms with E-state index < -0.39 is 0 Å². The van der Waals surface area contributed by atoms with Crippen LogP contribution in [0.4, 0.5) is 34.1 Å². The van der Waals surface area contributed by atoms with Crippen molar-refractivity contribution in [3.63, 3.8) is 0 Å². The van der Waals surface area contributed by atoms with E-state index in [9.17, 15) is 0 Å². The number of para-hydroxylation sites is 9. The molecule has 0 aliphatic rings. The second-order valence-corrected chi connectivity index (χ2v) is 36.9. The third-order valence-electron chi connectivity index (χ3n) is 29.0. The van der Waals surface area contributed by atoms with Gasteiger partial charge in [0.05, 0.1) is 55.5 Å². The molecule has 6 nitrogen and oxygen atoms in total. The van der Waals surface area contributed by atoms with Crippen molar-refractivity contribution in [3.8, 4) is 89.5 Å². The van der Waals surface area contributed by atoms with Crippen molar-refractivity contribution >= 4 is 164 Å². The molecule has 0 radical (unpaired) electrons. The summed E-state index contributed by atoms with van der Waals surface area (Å²) in [4.78, 5) is 4.95. The number of hydrogen-bond acceptors (Lipinski definition) is 2. The molecule has 4 aromatic heterocycles. The fourth-order valence-corrected chi connectivity index (χ4v) is 22.5. The number of fused-ring (bicyclic) bond motifs is 16. The minimum atomic E-state index is 1.06. The van der Waals surface area contributed by atoms with Gasteiger partial charge in [-0.05, 0) is 245 Å². The van der Waals surface area contributed by atoms with Gasteiger partial charge in [-0.25, -0.2) is 0 Å². The van der Waals surface area contributed by atoms with Gasteiger partial charge in [0.15, 0.2) is 0 Å². The van der Waals surface area contributed by atoms with Crippen LogP contribution < -0.4 is 9.80 Å². The second-order valence-electron chi connectivity index (χ2n) is 36.9. The van der Waals surface area contributed by atoms with E-state index in [-0.39, 0.29) is 0 Å². The highest BCUT2D eigenvalue weighted by molar-refractivity contribution is 6.20. The minimum Gasteiger partial charge on any atom is -0.310 e. The fourth-order valence-electron chi connectivity index (χ4n) is 22.5. The van der Waals surface area contributed by atoms with E-state index in [0.717, 1.165) is 95.7 Å². The van der Waals surface area contributed by atoms with Crippen molar-refractivity contribution in [3.05, 3.63) is 546 Å². The molecule has 0 amide bonds. The number of rotatable bonds is 16. The van der Waals surface area contributed by atoms with Crippen LogP contribution in [-0.2, 0) is 0 Å². The first-order valence-electron chi connectivity index (χ1n) is 48.8. The van der Waals surface area contributed by atoms with Crippen LogP contribution in [0.2, 0.25) is 0 Å². The summed E-state index contributed by atoms with van der Waals surface area (Å²) in [6, 6.07) is 200. The summed E-state index contributed by atoms with van der Waals surface area (Å²) < 4.78 is 9.75. The molecule has 0 saturated heterocycles. The zero-order valence-electron chi connectivity index (χ0n) is 77.6. The van der Waals surface area contributed by atoms with E-state index in [1.54, 1.807) is 0 Å². The molecule has 4 heterocycles. The van der Waals surface area contributed by atoms with Gasteiger partial charge >= 0.3 is 0 Å². The first-order chi connectivity index (χ1) is 70.5. The van der Waals surface area contributed by atoms with Crippen molar-refractivity contribution in [2.45, 2.75) is 0 Å². The maximum Gasteiger partial charge on any atom is 0.0620 e. The van der Waals surface area contributed by atoms with Crippen molar-refractivity contribution in [1.82, 2.24) is 18.3 Å². The zero-order valence-corrected chi connectivity index (χ0v) is 77.6. The van der Waals surface area contributed by atoms with Crippen LogP contribution in [0, 0.1) is 0 Å². The van der Waals surface area contributed by atoms with Crippen LogP contribution in [0.5, 0.6) is 0 Å². The molecule has 664 valence electrons. The number of benzene rings is 24. The predicted molar refractivity (Wildman–Crippen MR) is 602 cm³/mol. The van der Waals surface area contributed by atoms with E-state index in [1.807, 2.05) is 0 Å². The lowest BCUT2D eigenvalue weighted by Gasteiger charge is -2.29. The molecule has 0 saturated carbocycles. The quantitative estimate of drug-likeness (QED) is 0.0964. The molecule has 0 aliphatic carbocycles. The number of hydrogen-bond donors (Lipinski definition) is 0. The van der Waals surface area contributed by atoms with Gasteiger partial charge in [0, 0.05) is 105 Å². The van der Waals surface area contributed by atoms with Gasteiger partial charge in [0.2, 0.25) is 0 Å². The highest BCUT2D eigenvalue weighted by Crippen LogP contribution is 2.53. The van der Waals surface area contributed by atoms with Gasteiger partial charge < -0.3 is 28.1 Å². The fraction of sp³-hybridized carbons (Fsp3) is 0. The van der Waals surface area contributed by atoms with Crippen LogP contribution in [0.15, 0.2) is 546 Å².